The average molecular weight is 233 g/mol. The van der Waals surface area contributed by atoms with Crippen LogP contribution >= 0.6 is 0 Å². The smallest absolute Gasteiger partial charge is 0.303 e. The zero-order chi connectivity index (χ0) is 12.1. The number of carboxylic acid groups (broad SMARTS) is 1. The van der Waals surface area contributed by atoms with Gasteiger partial charge in [-0.05, 0) is 43.5 Å². The Labute approximate surface area is 102 Å². The zero-order valence-corrected chi connectivity index (χ0v) is 10.1. The number of hydrogen-bond donors (Lipinski definition) is 1. The first-order chi connectivity index (χ1) is 8.25. The van der Waals surface area contributed by atoms with E-state index in [1.807, 2.05) is 18.2 Å². The van der Waals surface area contributed by atoms with Crippen molar-refractivity contribution < 1.29 is 9.90 Å². The summed E-state index contributed by atoms with van der Waals surface area (Å²) in [7, 11) is 0. The van der Waals surface area contributed by atoms with Gasteiger partial charge in [-0.2, -0.15) is 0 Å². The van der Waals surface area contributed by atoms with Crippen molar-refractivity contribution in [1.82, 2.24) is 4.90 Å². The fraction of sp³-hybridized carbons (Fsp3) is 0.500. The van der Waals surface area contributed by atoms with Gasteiger partial charge in [0.05, 0.1) is 0 Å². The number of carbonyl (C=O) groups is 1. The van der Waals surface area contributed by atoms with E-state index in [2.05, 4.69) is 11.0 Å². The van der Waals surface area contributed by atoms with Gasteiger partial charge in [0.25, 0.3) is 0 Å². The second kappa shape index (κ2) is 5.82. The first-order valence-corrected chi connectivity index (χ1v) is 6.26. The minimum Gasteiger partial charge on any atom is -0.481 e. The summed E-state index contributed by atoms with van der Waals surface area (Å²) in [5.41, 5.74) is 2.47. The molecule has 0 amide bonds. The Morgan fingerprint density at radius 1 is 1.18 bits per heavy atom. The van der Waals surface area contributed by atoms with Crippen LogP contribution in [0.4, 0.5) is 0 Å². The molecule has 1 fully saturated rings. The SMILES string of the molecule is O=C(O)CCc1ccccc1CN1CCCC1. The van der Waals surface area contributed by atoms with Crippen molar-refractivity contribution >= 4 is 5.97 Å². The second-order valence-corrected chi connectivity index (χ2v) is 4.65. The van der Waals surface area contributed by atoms with Crippen molar-refractivity contribution in [3.05, 3.63) is 35.4 Å². The fourth-order valence-electron chi connectivity index (χ4n) is 2.38. The lowest BCUT2D eigenvalue weighted by Crippen LogP contribution is -2.19. The van der Waals surface area contributed by atoms with Gasteiger partial charge < -0.3 is 5.11 Å². The number of likely N-dealkylation sites (tertiary alicyclic amines) is 1. The first-order valence-electron chi connectivity index (χ1n) is 6.26. The molecule has 0 aliphatic carbocycles. The number of aryl methyl sites for hydroxylation is 1. The number of rotatable bonds is 5. The molecule has 1 aliphatic heterocycles. The third-order valence-corrected chi connectivity index (χ3v) is 3.32. The molecule has 0 atom stereocenters. The Morgan fingerprint density at radius 2 is 1.82 bits per heavy atom. The molecular weight excluding hydrogens is 214 g/mol. The summed E-state index contributed by atoms with van der Waals surface area (Å²) in [6.45, 7) is 3.32. The molecule has 0 unspecified atom stereocenters. The van der Waals surface area contributed by atoms with Crippen LogP contribution in [0.25, 0.3) is 0 Å². The fourth-order valence-corrected chi connectivity index (χ4v) is 2.38. The average Bonchev–Trinajstić information content (AvgIpc) is 2.80. The van der Waals surface area contributed by atoms with Gasteiger partial charge in [0.1, 0.15) is 0 Å². The molecule has 0 aromatic heterocycles. The predicted octanol–water partition coefficient (Wildman–Crippen LogP) is 2.30. The van der Waals surface area contributed by atoms with Gasteiger partial charge in [-0.25, -0.2) is 0 Å². The maximum atomic E-state index is 10.6. The van der Waals surface area contributed by atoms with E-state index in [1.165, 1.54) is 37.1 Å². The van der Waals surface area contributed by atoms with E-state index in [0.29, 0.717) is 6.42 Å². The van der Waals surface area contributed by atoms with E-state index in [0.717, 1.165) is 6.54 Å². The van der Waals surface area contributed by atoms with Crippen LogP contribution in [0, 0.1) is 0 Å². The number of nitrogens with zero attached hydrogens (tertiary/aromatic N) is 1. The van der Waals surface area contributed by atoms with E-state index in [9.17, 15) is 4.79 Å². The Balaban J connectivity index is 2.01. The Morgan fingerprint density at radius 3 is 2.47 bits per heavy atom. The Bertz CT molecular complexity index is 384. The van der Waals surface area contributed by atoms with Crippen molar-refractivity contribution in [2.75, 3.05) is 13.1 Å². The predicted molar refractivity (Wildman–Crippen MR) is 66.9 cm³/mol. The molecule has 3 heteroatoms. The van der Waals surface area contributed by atoms with Crippen LogP contribution < -0.4 is 0 Å². The molecule has 1 aliphatic rings. The highest BCUT2D eigenvalue weighted by atomic mass is 16.4. The van der Waals surface area contributed by atoms with Gasteiger partial charge in [0.2, 0.25) is 0 Å². The zero-order valence-electron chi connectivity index (χ0n) is 10.1. The molecule has 0 saturated carbocycles. The van der Waals surface area contributed by atoms with Gasteiger partial charge in [0, 0.05) is 13.0 Å². The molecule has 1 saturated heterocycles. The van der Waals surface area contributed by atoms with Crippen LogP contribution in [0.5, 0.6) is 0 Å². The van der Waals surface area contributed by atoms with Crippen LogP contribution in [-0.2, 0) is 17.8 Å². The molecule has 1 N–H and O–H groups in total. The highest BCUT2D eigenvalue weighted by Crippen LogP contribution is 2.17. The Kier molecular flexibility index (Phi) is 4.15. The second-order valence-electron chi connectivity index (χ2n) is 4.65. The largest absolute Gasteiger partial charge is 0.481 e. The van der Waals surface area contributed by atoms with Crippen LogP contribution in [-0.4, -0.2) is 29.1 Å². The number of hydrogen-bond acceptors (Lipinski definition) is 2. The summed E-state index contributed by atoms with van der Waals surface area (Å²) in [4.78, 5) is 13.1. The van der Waals surface area contributed by atoms with Gasteiger partial charge in [-0.15, -0.1) is 0 Å². The third-order valence-electron chi connectivity index (χ3n) is 3.32. The highest BCUT2D eigenvalue weighted by Gasteiger charge is 2.13. The van der Waals surface area contributed by atoms with E-state index in [1.54, 1.807) is 0 Å². The lowest BCUT2D eigenvalue weighted by molar-refractivity contribution is -0.136. The maximum Gasteiger partial charge on any atom is 0.303 e. The third kappa shape index (κ3) is 3.56. The summed E-state index contributed by atoms with van der Waals surface area (Å²) in [5.74, 6) is -0.721. The van der Waals surface area contributed by atoms with Crippen LogP contribution in [0.3, 0.4) is 0 Å². The molecule has 2 rings (SSSR count). The summed E-state index contributed by atoms with van der Waals surface area (Å²) < 4.78 is 0. The van der Waals surface area contributed by atoms with Crippen molar-refractivity contribution in [3.63, 3.8) is 0 Å². The number of benzene rings is 1. The summed E-state index contributed by atoms with van der Waals surface area (Å²) in [6.07, 6.45) is 3.44. The quantitative estimate of drug-likeness (QED) is 0.848. The number of carboxylic acids is 1. The van der Waals surface area contributed by atoms with E-state index < -0.39 is 5.97 Å². The molecule has 17 heavy (non-hydrogen) atoms. The topological polar surface area (TPSA) is 40.5 Å². The van der Waals surface area contributed by atoms with E-state index in [-0.39, 0.29) is 6.42 Å². The molecule has 0 radical (unpaired) electrons. The van der Waals surface area contributed by atoms with E-state index >= 15 is 0 Å². The standard InChI is InChI=1S/C14H19NO2/c16-14(17)8-7-12-5-1-2-6-13(12)11-15-9-3-4-10-15/h1-2,5-6H,3-4,7-11H2,(H,16,17). The molecular formula is C14H19NO2. The van der Waals surface area contributed by atoms with Crippen molar-refractivity contribution in [2.24, 2.45) is 0 Å². The minimum absolute atomic E-state index is 0.219. The summed E-state index contributed by atoms with van der Waals surface area (Å²) in [6, 6.07) is 8.20. The van der Waals surface area contributed by atoms with Crippen molar-refractivity contribution in [1.29, 1.82) is 0 Å². The minimum atomic E-state index is -0.721. The monoisotopic (exact) mass is 233 g/mol. The maximum absolute atomic E-state index is 10.6. The number of aliphatic carboxylic acids is 1. The molecule has 1 aromatic carbocycles. The van der Waals surface area contributed by atoms with Crippen molar-refractivity contribution in [3.8, 4) is 0 Å². The van der Waals surface area contributed by atoms with Gasteiger partial charge in [-0.1, -0.05) is 24.3 Å². The van der Waals surface area contributed by atoms with Gasteiger partial charge in [-0.3, -0.25) is 9.69 Å². The highest BCUT2D eigenvalue weighted by molar-refractivity contribution is 5.67. The van der Waals surface area contributed by atoms with Gasteiger partial charge in [0.15, 0.2) is 0 Å². The van der Waals surface area contributed by atoms with Crippen molar-refractivity contribution in [2.45, 2.75) is 32.2 Å². The molecule has 92 valence electrons. The summed E-state index contributed by atoms with van der Waals surface area (Å²) in [5, 5.41) is 8.74. The molecule has 0 spiro atoms. The summed E-state index contributed by atoms with van der Waals surface area (Å²) >= 11 is 0. The molecule has 0 bridgehead atoms. The first kappa shape index (κ1) is 12.1. The molecule has 1 aromatic rings. The van der Waals surface area contributed by atoms with Crippen LogP contribution in [0.1, 0.15) is 30.4 Å². The lowest BCUT2D eigenvalue weighted by Gasteiger charge is -2.17. The van der Waals surface area contributed by atoms with Crippen LogP contribution in [0.15, 0.2) is 24.3 Å². The molecule has 3 nitrogen and oxygen atoms in total. The normalized spacial score (nSPS) is 16.2. The van der Waals surface area contributed by atoms with Gasteiger partial charge >= 0.3 is 5.97 Å². The van der Waals surface area contributed by atoms with Crippen LogP contribution in [0.2, 0.25) is 0 Å². The molecule has 1 heterocycles. The lowest BCUT2D eigenvalue weighted by atomic mass is 10.0. The Hall–Kier alpha value is -1.35. The van der Waals surface area contributed by atoms with E-state index in [4.69, 9.17) is 5.11 Å².